The van der Waals surface area contributed by atoms with Crippen molar-refractivity contribution in [3.05, 3.63) is 39.2 Å². The molecule has 1 aliphatic heterocycles. The largest absolute Gasteiger partial charge is 0.368 e. The van der Waals surface area contributed by atoms with E-state index in [1.54, 1.807) is 17.7 Å². The molecular formula is C21H27N5OS2. The first-order valence-corrected chi connectivity index (χ1v) is 11.9. The summed E-state index contributed by atoms with van der Waals surface area (Å²) in [5.74, 6) is 0.805. The summed E-state index contributed by atoms with van der Waals surface area (Å²) >= 11 is 3.16. The Labute approximate surface area is 179 Å². The zero-order valence-electron chi connectivity index (χ0n) is 16.7. The van der Waals surface area contributed by atoms with E-state index in [1.165, 1.54) is 48.6 Å². The molecule has 1 fully saturated rings. The first-order chi connectivity index (χ1) is 14.2. The Balaban J connectivity index is 1.40. The SMILES string of the molecule is Cc1c(C(=O)NCCc2cccs2)sc2ncnc(NCCN3CCCCC3)c12. The Kier molecular flexibility index (Phi) is 6.74. The monoisotopic (exact) mass is 429 g/mol. The van der Waals surface area contributed by atoms with Gasteiger partial charge in [0.25, 0.3) is 5.91 Å². The molecular weight excluding hydrogens is 402 g/mol. The number of aromatic nitrogens is 2. The van der Waals surface area contributed by atoms with E-state index in [0.717, 1.165) is 46.0 Å². The molecule has 2 N–H and O–H groups in total. The van der Waals surface area contributed by atoms with Gasteiger partial charge in [-0.2, -0.15) is 0 Å². The van der Waals surface area contributed by atoms with Crippen LogP contribution in [-0.4, -0.2) is 53.5 Å². The van der Waals surface area contributed by atoms with Gasteiger partial charge in [0.1, 0.15) is 17.0 Å². The Morgan fingerprint density at radius 1 is 1.21 bits per heavy atom. The maximum atomic E-state index is 12.7. The number of carbonyl (C=O) groups excluding carboxylic acids is 1. The third kappa shape index (κ3) is 4.94. The molecule has 6 nitrogen and oxygen atoms in total. The second kappa shape index (κ2) is 9.65. The molecule has 3 aromatic heterocycles. The molecule has 0 aliphatic carbocycles. The van der Waals surface area contributed by atoms with Gasteiger partial charge in [-0.15, -0.1) is 22.7 Å². The molecule has 4 heterocycles. The topological polar surface area (TPSA) is 70.1 Å². The Hall–Kier alpha value is -2.03. The zero-order chi connectivity index (χ0) is 20.1. The van der Waals surface area contributed by atoms with Crippen LogP contribution in [0.3, 0.4) is 0 Å². The summed E-state index contributed by atoms with van der Waals surface area (Å²) in [6.45, 7) is 6.88. The number of thiophene rings is 2. The number of amides is 1. The van der Waals surface area contributed by atoms with Crippen molar-refractivity contribution in [3.8, 4) is 0 Å². The zero-order valence-corrected chi connectivity index (χ0v) is 18.4. The minimum Gasteiger partial charge on any atom is -0.368 e. The van der Waals surface area contributed by atoms with Crippen molar-refractivity contribution in [2.24, 2.45) is 0 Å². The molecule has 0 bridgehead atoms. The second-order valence-corrected chi connectivity index (χ2v) is 9.40. The lowest BCUT2D eigenvalue weighted by molar-refractivity contribution is 0.0958. The van der Waals surface area contributed by atoms with Crippen LogP contribution in [0.15, 0.2) is 23.8 Å². The molecule has 0 spiro atoms. The van der Waals surface area contributed by atoms with Crippen LogP contribution in [0, 0.1) is 6.92 Å². The summed E-state index contributed by atoms with van der Waals surface area (Å²) in [4.78, 5) is 27.0. The van der Waals surface area contributed by atoms with Crippen LogP contribution in [0.5, 0.6) is 0 Å². The summed E-state index contributed by atoms with van der Waals surface area (Å²) in [5, 5.41) is 9.55. The van der Waals surface area contributed by atoms with Gasteiger partial charge in [-0.3, -0.25) is 4.79 Å². The highest BCUT2D eigenvalue weighted by molar-refractivity contribution is 7.20. The van der Waals surface area contributed by atoms with Gasteiger partial charge in [0, 0.05) is 24.5 Å². The van der Waals surface area contributed by atoms with Gasteiger partial charge in [-0.1, -0.05) is 12.5 Å². The van der Waals surface area contributed by atoms with Gasteiger partial charge in [0.2, 0.25) is 0 Å². The van der Waals surface area contributed by atoms with Crippen molar-refractivity contribution >= 4 is 44.6 Å². The molecule has 3 aromatic rings. The fraction of sp³-hybridized carbons (Fsp3) is 0.476. The molecule has 8 heteroatoms. The molecule has 4 rings (SSSR count). The normalized spacial score (nSPS) is 14.9. The lowest BCUT2D eigenvalue weighted by atomic mass is 10.1. The molecule has 0 unspecified atom stereocenters. The number of nitrogens with zero attached hydrogens (tertiary/aromatic N) is 3. The van der Waals surface area contributed by atoms with Gasteiger partial charge in [-0.05, 0) is 56.3 Å². The van der Waals surface area contributed by atoms with Crippen molar-refractivity contribution in [2.75, 3.05) is 38.0 Å². The van der Waals surface area contributed by atoms with E-state index in [4.69, 9.17) is 0 Å². The predicted molar refractivity (Wildman–Crippen MR) is 121 cm³/mol. The van der Waals surface area contributed by atoms with Gasteiger partial charge in [0.15, 0.2) is 0 Å². The first kappa shape index (κ1) is 20.3. The molecule has 0 atom stereocenters. The van der Waals surface area contributed by atoms with Gasteiger partial charge in [0.05, 0.1) is 10.3 Å². The average molecular weight is 430 g/mol. The summed E-state index contributed by atoms with van der Waals surface area (Å²) in [6, 6.07) is 4.13. The van der Waals surface area contributed by atoms with Crippen LogP contribution in [0.4, 0.5) is 5.82 Å². The number of piperidine rings is 1. The number of likely N-dealkylation sites (tertiary alicyclic amines) is 1. The third-order valence-corrected chi connectivity index (χ3v) is 7.47. The van der Waals surface area contributed by atoms with Crippen molar-refractivity contribution in [1.29, 1.82) is 0 Å². The number of aryl methyl sites for hydroxylation is 1. The molecule has 1 aliphatic rings. The lowest BCUT2D eigenvalue weighted by Gasteiger charge is -2.26. The van der Waals surface area contributed by atoms with Crippen LogP contribution >= 0.6 is 22.7 Å². The van der Waals surface area contributed by atoms with E-state index in [1.807, 2.05) is 13.0 Å². The van der Waals surface area contributed by atoms with Crippen molar-refractivity contribution < 1.29 is 4.79 Å². The maximum absolute atomic E-state index is 12.7. The second-order valence-electron chi connectivity index (χ2n) is 7.37. The molecule has 1 amide bonds. The number of rotatable bonds is 8. The van der Waals surface area contributed by atoms with Gasteiger partial charge < -0.3 is 15.5 Å². The highest BCUT2D eigenvalue weighted by Gasteiger charge is 2.19. The van der Waals surface area contributed by atoms with E-state index in [0.29, 0.717) is 6.54 Å². The predicted octanol–water partition coefficient (Wildman–Crippen LogP) is 3.93. The van der Waals surface area contributed by atoms with Crippen LogP contribution < -0.4 is 10.6 Å². The van der Waals surface area contributed by atoms with Crippen LogP contribution in [0.25, 0.3) is 10.2 Å². The number of nitrogens with one attached hydrogen (secondary N) is 2. The average Bonchev–Trinajstić information content (AvgIpc) is 3.37. The van der Waals surface area contributed by atoms with Crippen LogP contribution in [0.2, 0.25) is 0 Å². The van der Waals surface area contributed by atoms with E-state index in [9.17, 15) is 4.79 Å². The van der Waals surface area contributed by atoms with Gasteiger partial charge >= 0.3 is 0 Å². The van der Waals surface area contributed by atoms with Crippen LogP contribution in [0.1, 0.15) is 39.4 Å². The third-order valence-electron chi connectivity index (χ3n) is 5.34. The molecule has 0 aromatic carbocycles. The molecule has 0 radical (unpaired) electrons. The van der Waals surface area contributed by atoms with Crippen molar-refractivity contribution in [3.63, 3.8) is 0 Å². The number of hydrogen-bond donors (Lipinski definition) is 2. The highest BCUT2D eigenvalue weighted by Crippen LogP contribution is 2.33. The molecule has 0 saturated carbocycles. The standard InChI is InChI=1S/C21H27N5OS2/c1-15-17-19(22-9-12-26-10-3-2-4-11-26)24-14-25-21(17)29-18(15)20(27)23-8-7-16-6-5-13-28-16/h5-6,13-14H,2-4,7-12H2,1H3,(H,23,27)(H,22,24,25). The highest BCUT2D eigenvalue weighted by atomic mass is 32.1. The van der Waals surface area contributed by atoms with Crippen LogP contribution in [-0.2, 0) is 6.42 Å². The lowest BCUT2D eigenvalue weighted by Crippen LogP contribution is -2.33. The number of hydrogen-bond acceptors (Lipinski definition) is 7. The smallest absolute Gasteiger partial charge is 0.261 e. The summed E-state index contributed by atoms with van der Waals surface area (Å²) in [7, 11) is 0. The van der Waals surface area contributed by atoms with E-state index in [2.05, 4.69) is 36.9 Å². The Morgan fingerprint density at radius 3 is 2.86 bits per heavy atom. The molecule has 154 valence electrons. The fourth-order valence-corrected chi connectivity index (χ4v) is 5.55. The Bertz CT molecular complexity index is 948. The quantitative estimate of drug-likeness (QED) is 0.568. The number of fused-ring (bicyclic) bond motifs is 1. The number of anilines is 1. The van der Waals surface area contributed by atoms with E-state index >= 15 is 0 Å². The number of carbonyl (C=O) groups is 1. The molecule has 29 heavy (non-hydrogen) atoms. The van der Waals surface area contributed by atoms with Crippen molar-refractivity contribution in [2.45, 2.75) is 32.6 Å². The van der Waals surface area contributed by atoms with E-state index < -0.39 is 0 Å². The fourth-order valence-electron chi connectivity index (χ4n) is 3.77. The summed E-state index contributed by atoms with van der Waals surface area (Å²) in [6.07, 6.45) is 6.39. The first-order valence-electron chi connectivity index (χ1n) is 10.2. The van der Waals surface area contributed by atoms with Gasteiger partial charge in [-0.25, -0.2) is 9.97 Å². The molecule has 1 saturated heterocycles. The Morgan fingerprint density at radius 2 is 2.07 bits per heavy atom. The summed E-state index contributed by atoms with van der Waals surface area (Å²) in [5.41, 5.74) is 0.958. The maximum Gasteiger partial charge on any atom is 0.261 e. The minimum absolute atomic E-state index is 0.0266. The summed E-state index contributed by atoms with van der Waals surface area (Å²) < 4.78 is 0. The van der Waals surface area contributed by atoms with E-state index in [-0.39, 0.29) is 5.91 Å². The van der Waals surface area contributed by atoms with Crippen molar-refractivity contribution in [1.82, 2.24) is 20.2 Å². The minimum atomic E-state index is -0.0266.